The maximum Gasteiger partial charge on any atom is 0.221 e. The molecule has 0 aliphatic heterocycles. The summed E-state index contributed by atoms with van der Waals surface area (Å²) < 4.78 is 1.76. The molecule has 2 aromatic heterocycles. The third-order valence-electron chi connectivity index (χ3n) is 3.40. The molecule has 0 spiro atoms. The Balaban J connectivity index is 1.71. The van der Waals surface area contributed by atoms with Crippen LogP contribution >= 0.6 is 0 Å². The zero-order valence-corrected chi connectivity index (χ0v) is 12.8. The Hall–Kier alpha value is -2.21. The Morgan fingerprint density at radius 1 is 1.45 bits per heavy atom. The summed E-state index contributed by atoms with van der Waals surface area (Å²) in [5.41, 5.74) is 2.00. The molecule has 0 aromatic carbocycles. The van der Waals surface area contributed by atoms with Crippen molar-refractivity contribution in [1.29, 1.82) is 0 Å². The Bertz CT molecular complexity index is 583. The zero-order chi connectivity index (χ0) is 15.8. The van der Waals surface area contributed by atoms with E-state index in [0.29, 0.717) is 25.9 Å². The molecule has 0 aliphatic carbocycles. The van der Waals surface area contributed by atoms with Crippen molar-refractivity contribution in [2.75, 3.05) is 13.2 Å². The molecule has 1 unspecified atom stereocenters. The average Bonchev–Trinajstić information content (AvgIpc) is 2.96. The first-order chi connectivity index (χ1) is 10.7. The van der Waals surface area contributed by atoms with Crippen molar-refractivity contribution >= 4 is 5.91 Å². The number of rotatable bonds is 8. The monoisotopic (exact) mass is 302 g/mol. The molecule has 1 amide bonds. The highest BCUT2D eigenvalue weighted by atomic mass is 16.3. The van der Waals surface area contributed by atoms with Crippen molar-refractivity contribution in [2.45, 2.75) is 26.3 Å². The summed E-state index contributed by atoms with van der Waals surface area (Å²) in [6, 6.07) is 5.70. The minimum absolute atomic E-state index is 0.0224. The van der Waals surface area contributed by atoms with E-state index in [0.717, 1.165) is 11.3 Å². The second-order valence-electron chi connectivity index (χ2n) is 5.41. The van der Waals surface area contributed by atoms with Gasteiger partial charge in [-0.15, -0.1) is 0 Å². The first-order valence-electron chi connectivity index (χ1n) is 7.44. The van der Waals surface area contributed by atoms with E-state index in [1.54, 1.807) is 17.1 Å². The summed E-state index contributed by atoms with van der Waals surface area (Å²) in [4.78, 5) is 16.1. The number of carbonyl (C=O) groups excluding carboxylic acids is 1. The predicted octanol–water partition coefficient (Wildman–Crippen LogP) is 0.944. The second kappa shape index (κ2) is 8.29. The van der Waals surface area contributed by atoms with Crippen molar-refractivity contribution in [3.05, 3.63) is 48.0 Å². The highest BCUT2D eigenvalue weighted by Gasteiger charge is 2.11. The van der Waals surface area contributed by atoms with Crippen LogP contribution in [0.3, 0.4) is 0 Å². The predicted molar refractivity (Wildman–Crippen MR) is 83.1 cm³/mol. The van der Waals surface area contributed by atoms with Crippen molar-refractivity contribution in [2.24, 2.45) is 5.92 Å². The molecule has 1 atom stereocenters. The van der Waals surface area contributed by atoms with Gasteiger partial charge in [0.15, 0.2) is 0 Å². The molecule has 2 rings (SSSR count). The van der Waals surface area contributed by atoms with Crippen LogP contribution in [0.15, 0.2) is 36.8 Å². The van der Waals surface area contributed by atoms with E-state index in [1.807, 2.05) is 31.3 Å². The number of amides is 1. The quantitative estimate of drug-likeness (QED) is 0.760. The highest BCUT2D eigenvalue weighted by molar-refractivity contribution is 5.75. The van der Waals surface area contributed by atoms with Crippen molar-refractivity contribution in [3.8, 4) is 0 Å². The molecule has 0 radical (unpaired) electrons. The van der Waals surface area contributed by atoms with Crippen LogP contribution in [-0.4, -0.2) is 38.9 Å². The van der Waals surface area contributed by atoms with E-state index in [2.05, 4.69) is 15.4 Å². The molecule has 118 valence electrons. The smallest absolute Gasteiger partial charge is 0.221 e. The third kappa shape index (κ3) is 5.29. The lowest BCUT2D eigenvalue weighted by Crippen LogP contribution is -2.32. The highest BCUT2D eigenvalue weighted by Crippen LogP contribution is 2.05. The molecule has 0 aliphatic rings. The molecular formula is C16H22N4O2. The van der Waals surface area contributed by atoms with Gasteiger partial charge >= 0.3 is 0 Å². The minimum atomic E-state index is -0.0346. The van der Waals surface area contributed by atoms with Gasteiger partial charge in [-0.2, -0.15) is 5.10 Å². The third-order valence-corrected chi connectivity index (χ3v) is 3.40. The zero-order valence-electron chi connectivity index (χ0n) is 12.8. The Morgan fingerprint density at radius 3 is 2.95 bits per heavy atom. The first-order valence-corrected chi connectivity index (χ1v) is 7.44. The van der Waals surface area contributed by atoms with Gasteiger partial charge in [-0.3, -0.25) is 14.5 Å². The van der Waals surface area contributed by atoms with Gasteiger partial charge in [0.2, 0.25) is 5.91 Å². The lowest BCUT2D eigenvalue weighted by atomic mass is 10.0. The van der Waals surface area contributed by atoms with Gasteiger partial charge in [-0.25, -0.2) is 0 Å². The fraction of sp³-hybridized carbons (Fsp3) is 0.438. The number of aliphatic hydroxyl groups excluding tert-OH is 1. The second-order valence-corrected chi connectivity index (χ2v) is 5.41. The molecular weight excluding hydrogens is 280 g/mol. The normalized spacial score (nSPS) is 12.1. The summed E-state index contributed by atoms with van der Waals surface area (Å²) in [6.45, 7) is 3.00. The van der Waals surface area contributed by atoms with E-state index in [1.165, 1.54) is 0 Å². The lowest BCUT2D eigenvalue weighted by molar-refractivity contribution is -0.121. The number of nitrogens with one attached hydrogen (secondary N) is 1. The topological polar surface area (TPSA) is 80.0 Å². The molecule has 2 N–H and O–H groups in total. The Kier molecular flexibility index (Phi) is 6.09. The van der Waals surface area contributed by atoms with Gasteiger partial charge in [0.1, 0.15) is 0 Å². The fourth-order valence-corrected chi connectivity index (χ4v) is 2.17. The van der Waals surface area contributed by atoms with Crippen molar-refractivity contribution in [1.82, 2.24) is 20.1 Å². The summed E-state index contributed by atoms with van der Waals surface area (Å²) in [5.74, 6) is -0.0570. The van der Waals surface area contributed by atoms with Crippen LogP contribution in [-0.2, 0) is 17.8 Å². The lowest BCUT2D eigenvalue weighted by Gasteiger charge is -2.14. The van der Waals surface area contributed by atoms with Crippen LogP contribution in [0.5, 0.6) is 0 Å². The first kappa shape index (κ1) is 16.2. The Labute approximate surface area is 130 Å². The largest absolute Gasteiger partial charge is 0.396 e. The van der Waals surface area contributed by atoms with Crippen LogP contribution in [0.1, 0.15) is 17.7 Å². The van der Waals surface area contributed by atoms with Crippen LogP contribution in [0.4, 0.5) is 0 Å². The summed E-state index contributed by atoms with van der Waals surface area (Å²) in [6.07, 6.45) is 6.44. The van der Waals surface area contributed by atoms with Gasteiger partial charge in [0.05, 0.1) is 6.20 Å². The van der Waals surface area contributed by atoms with Gasteiger partial charge in [-0.05, 0) is 31.0 Å². The fourth-order valence-electron chi connectivity index (χ4n) is 2.17. The van der Waals surface area contributed by atoms with Gasteiger partial charge in [-0.1, -0.05) is 6.07 Å². The minimum Gasteiger partial charge on any atom is -0.396 e. The number of aryl methyl sites for hydroxylation is 2. The SMILES string of the molecule is Cc1cnn(CCC(=O)NCC(CO)Cc2ccccn2)c1. The van der Waals surface area contributed by atoms with E-state index in [-0.39, 0.29) is 18.4 Å². The number of carbonyl (C=O) groups is 1. The van der Waals surface area contributed by atoms with Crippen molar-refractivity contribution in [3.63, 3.8) is 0 Å². The van der Waals surface area contributed by atoms with Crippen molar-refractivity contribution < 1.29 is 9.90 Å². The molecule has 0 fully saturated rings. The molecule has 22 heavy (non-hydrogen) atoms. The van der Waals surface area contributed by atoms with E-state index < -0.39 is 0 Å². The molecule has 6 nitrogen and oxygen atoms in total. The molecule has 0 saturated carbocycles. The number of hydrogen-bond donors (Lipinski definition) is 2. The van der Waals surface area contributed by atoms with E-state index in [9.17, 15) is 9.90 Å². The van der Waals surface area contributed by atoms with E-state index in [4.69, 9.17) is 0 Å². The maximum absolute atomic E-state index is 11.8. The van der Waals surface area contributed by atoms with Gasteiger partial charge in [0.25, 0.3) is 0 Å². The Morgan fingerprint density at radius 2 is 2.32 bits per heavy atom. The van der Waals surface area contributed by atoms with Gasteiger partial charge in [0, 0.05) is 50.1 Å². The molecule has 0 bridgehead atoms. The van der Waals surface area contributed by atoms with Crippen LogP contribution in [0, 0.1) is 12.8 Å². The number of aromatic nitrogens is 3. The summed E-state index contributed by atoms with van der Waals surface area (Å²) >= 11 is 0. The molecule has 6 heteroatoms. The van der Waals surface area contributed by atoms with Gasteiger partial charge < -0.3 is 10.4 Å². The molecule has 0 saturated heterocycles. The molecule has 2 heterocycles. The van der Waals surface area contributed by atoms with Crippen LogP contribution in [0.2, 0.25) is 0 Å². The standard InChI is InChI=1S/C16H22N4O2/c1-13-9-19-20(11-13)7-5-16(22)18-10-14(12-21)8-15-4-2-3-6-17-15/h2-4,6,9,11,14,21H,5,7-8,10,12H2,1H3,(H,18,22). The van der Waals surface area contributed by atoms with Crippen LogP contribution in [0.25, 0.3) is 0 Å². The summed E-state index contributed by atoms with van der Waals surface area (Å²) in [5, 5.41) is 16.4. The number of pyridine rings is 1. The van der Waals surface area contributed by atoms with Crippen LogP contribution < -0.4 is 5.32 Å². The number of hydrogen-bond acceptors (Lipinski definition) is 4. The number of nitrogens with zero attached hydrogens (tertiary/aromatic N) is 3. The summed E-state index contributed by atoms with van der Waals surface area (Å²) in [7, 11) is 0. The van der Waals surface area contributed by atoms with E-state index >= 15 is 0 Å². The molecule has 2 aromatic rings. The maximum atomic E-state index is 11.8. The average molecular weight is 302 g/mol. The number of aliphatic hydroxyl groups is 1.